The van der Waals surface area contributed by atoms with E-state index in [0.29, 0.717) is 12.0 Å². The standard InChI is InChI=1S/C16H27NO2/c18-16(7-9-17-8-1-3-14(17)12-16)13-4-10-19-15(11-13)5-2-6-15/h13-14,18H,1-12H2. The van der Waals surface area contributed by atoms with Crippen LogP contribution in [-0.4, -0.2) is 46.9 Å². The molecule has 1 spiro atoms. The third-order valence-electron chi connectivity index (χ3n) is 6.44. The lowest BCUT2D eigenvalue weighted by Gasteiger charge is -2.53. The summed E-state index contributed by atoms with van der Waals surface area (Å²) in [5.74, 6) is 0.490. The fraction of sp³-hybridized carbons (Fsp3) is 1.00. The van der Waals surface area contributed by atoms with Gasteiger partial charge in [-0.1, -0.05) is 0 Å². The fourth-order valence-corrected chi connectivity index (χ4v) is 5.04. The first-order chi connectivity index (χ1) is 9.19. The number of piperidine rings is 1. The normalized spacial score (nSPS) is 45.9. The Hall–Kier alpha value is -0.120. The second-order valence-electron chi connectivity index (χ2n) is 7.46. The van der Waals surface area contributed by atoms with Crippen molar-refractivity contribution < 1.29 is 9.84 Å². The van der Waals surface area contributed by atoms with Crippen LogP contribution in [0.4, 0.5) is 0 Å². The second-order valence-corrected chi connectivity index (χ2v) is 7.46. The van der Waals surface area contributed by atoms with Gasteiger partial charge < -0.3 is 14.7 Å². The van der Waals surface area contributed by atoms with E-state index in [4.69, 9.17) is 4.74 Å². The molecule has 0 aromatic rings. The van der Waals surface area contributed by atoms with Gasteiger partial charge in [-0.2, -0.15) is 0 Å². The minimum atomic E-state index is -0.391. The molecule has 3 nitrogen and oxygen atoms in total. The molecule has 0 aromatic heterocycles. The highest BCUT2D eigenvalue weighted by Gasteiger charge is 2.51. The van der Waals surface area contributed by atoms with E-state index in [1.54, 1.807) is 0 Å². The molecule has 19 heavy (non-hydrogen) atoms. The average Bonchev–Trinajstić information content (AvgIpc) is 2.84. The molecule has 0 radical (unpaired) electrons. The van der Waals surface area contributed by atoms with Crippen molar-refractivity contribution in [2.45, 2.75) is 75.0 Å². The molecule has 0 bridgehead atoms. The molecule has 1 N–H and O–H groups in total. The Morgan fingerprint density at radius 3 is 2.68 bits per heavy atom. The molecule has 3 atom stereocenters. The zero-order valence-corrected chi connectivity index (χ0v) is 11.9. The summed E-state index contributed by atoms with van der Waals surface area (Å²) >= 11 is 0. The van der Waals surface area contributed by atoms with E-state index in [1.807, 2.05) is 0 Å². The molecule has 4 fully saturated rings. The van der Waals surface area contributed by atoms with E-state index < -0.39 is 5.60 Å². The molecular weight excluding hydrogens is 238 g/mol. The van der Waals surface area contributed by atoms with Crippen LogP contribution in [0, 0.1) is 5.92 Å². The van der Waals surface area contributed by atoms with Crippen LogP contribution in [0.5, 0.6) is 0 Å². The molecule has 4 rings (SSSR count). The van der Waals surface area contributed by atoms with Gasteiger partial charge in [-0.3, -0.25) is 0 Å². The summed E-state index contributed by atoms with van der Waals surface area (Å²) in [5, 5.41) is 11.2. The summed E-state index contributed by atoms with van der Waals surface area (Å²) in [6.45, 7) is 3.26. The van der Waals surface area contributed by atoms with Gasteiger partial charge in [0, 0.05) is 19.2 Å². The van der Waals surface area contributed by atoms with Gasteiger partial charge in [-0.15, -0.1) is 0 Å². The summed E-state index contributed by atoms with van der Waals surface area (Å²) in [7, 11) is 0. The quantitative estimate of drug-likeness (QED) is 0.790. The first-order valence-electron chi connectivity index (χ1n) is 8.30. The number of aliphatic hydroxyl groups is 1. The van der Waals surface area contributed by atoms with E-state index in [9.17, 15) is 5.11 Å². The van der Waals surface area contributed by atoms with Gasteiger partial charge >= 0.3 is 0 Å². The number of hydrogen-bond donors (Lipinski definition) is 1. The molecule has 0 amide bonds. The Bertz CT molecular complexity index is 355. The van der Waals surface area contributed by atoms with Crippen LogP contribution in [0.15, 0.2) is 0 Å². The van der Waals surface area contributed by atoms with Gasteiger partial charge in [0.1, 0.15) is 0 Å². The van der Waals surface area contributed by atoms with E-state index >= 15 is 0 Å². The van der Waals surface area contributed by atoms with Crippen LogP contribution < -0.4 is 0 Å². The molecule has 108 valence electrons. The highest BCUT2D eigenvalue weighted by atomic mass is 16.5. The first kappa shape index (κ1) is 12.6. The summed E-state index contributed by atoms with van der Waals surface area (Å²) < 4.78 is 6.03. The summed E-state index contributed by atoms with van der Waals surface area (Å²) in [6.07, 6.45) is 10.6. The minimum absolute atomic E-state index is 0.172. The van der Waals surface area contributed by atoms with Crippen LogP contribution in [0.2, 0.25) is 0 Å². The predicted octanol–water partition coefficient (Wildman–Crippen LogP) is 2.33. The zero-order chi connectivity index (χ0) is 12.9. The molecule has 3 unspecified atom stereocenters. The summed E-state index contributed by atoms with van der Waals surface area (Å²) in [4.78, 5) is 2.60. The Balaban J connectivity index is 1.47. The Kier molecular flexibility index (Phi) is 2.95. The molecule has 3 saturated heterocycles. The maximum absolute atomic E-state index is 11.2. The van der Waals surface area contributed by atoms with Crippen LogP contribution in [-0.2, 0) is 4.74 Å². The van der Waals surface area contributed by atoms with Crippen molar-refractivity contribution in [3.63, 3.8) is 0 Å². The van der Waals surface area contributed by atoms with Crippen LogP contribution in [0.1, 0.15) is 57.8 Å². The number of hydrogen-bond acceptors (Lipinski definition) is 3. The third kappa shape index (κ3) is 2.05. The predicted molar refractivity (Wildman–Crippen MR) is 74.0 cm³/mol. The molecule has 3 heteroatoms. The van der Waals surface area contributed by atoms with Crippen molar-refractivity contribution in [2.75, 3.05) is 19.7 Å². The largest absolute Gasteiger partial charge is 0.389 e. The van der Waals surface area contributed by atoms with Crippen molar-refractivity contribution in [1.82, 2.24) is 4.90 Å². The molecular formula is C16H27NO2. The van der Waals surface area contributed by atoms with Crippen molar-refractivity contribution in [3.8, 4) is 0 Å². The molecule has 3 heterocycles. The van der Waals surface area contributed by atoms with Crippen molar-refractivity contribution in [3.05, 3.63) is 0 Å². The lowest BCUT2D eigenvalue weighted by molar-refractivity contribution is -0.186. The van der Waals surface area contributed by atoms with E-state index in [-0.39, 0.29) is 5.60 Å². The second kappa shape index (κ2) is 4.44. The zero-order valence-electron chi connectivity index (χ0n) is 11.9. The van der Waals surface area contributed by atoms with E-state index in [2.05, 4.69) is 4.90 Å². The van der Waals surface area contributed by atoms with Gasteiger partial charge in [0.05, 0.1) is 11.2 Å². The molecule has 1 saturated carbocycles. The topological polar surface area (TPSA) is 32.7 Å². The minimum Gasteiger partial charge on any atom is -0.389 e. The van der Waals surface area contributed by atoms with Gasteiger partial charge in [0.2, 0.25) is 0 Å². The first-order valence-corrected chi connectivity index (χ1v) is 8.30. The Morgan fingerprint density at radius 2 is 1.89 bits per heavy atom. The Labute approximate surface area is 116 Å². The maximum atomic E-state index is 11.2. The van der Waals surface area contributed by atoms with Crippen LogP contribution in [0.25, 0.3) is 0 Å². The monoisotopic (exact) mass is 265 g/mol. The molecule has 3 aliphatic heterocycles. The highest BCUT2D eigenvalue weighted by Crippen LogP contribution is 2.49. The van der Waals surface area contributed by atoms with Crippen LogP contribution in [0.3, 0.4) is 0 Å². The van der Waals surface area contributed by atoms with Crippen LogP contribution >= 0.6 is 0 Å². The third-order valence-corrected chi connectivity index (χ3v) is 6.44. The fourth-order valence-electron chi connectivity index (χ4n) is 5.04. The number of rotatable bonds is 1. The summed E-state index contributed by atoms with van der Waals surface area (Å²) in [5.41, 5.74) is -0.219. The Morgan fingerprint density at radius 1 is 1.00 bits per heavy atom. The summed E-state index contributed by atoms with van der Waals surface area (Å²) in [6, 6.07) is 0.666. The lowest BCUT2D eigenvalue weighted by atomic mass is 9.65. The number of ether oxygens (including phenoxy) is 1. The molecule has 1 aliphatic carbocycles. The van der Waals surface area contributed by atoms with Gasteiger partial charge in [-0.05, 0) is 70.3 Å². The van der Waals surface area contributed by atoms with E-state index in [1.165, 1.54) is 38.6 Å². The van der Waals surface area contributed by atoms with Gasteiger partial charge in [0.25, 0.3) is 0 Å². The number of fused-ring (bicyclic) bond motifs is 1. The maximum Gasteiger partial charge on any atom is 0.0704 e. The van der Waals surface area contributed by atoms with Crippen molar-refractivity contribution in [2.24, 2.45) is 5.92 Å². The van der Waals surface area contributed by atoms with E-state index in [0.717, 1.165) is 38.8 Å². The van der Waals surface area contributed by atoms with Gasteiger partial charge in [0.15, 0.2) is 0 Å². The average molecular weight is 265 g/mol. The van der Waals surface area contributed by atoms with Gasteiger partial charge in [-0.25, -0.2) is 0 Å². The molecule has 0 aromatic carbocycles. The van der Waals surface area contributed by atoms with Crippen molar-refractivity contribution >= 4 is 0 Å². The lowest BCUT2D eigenvalue weighted by Crippen LogP contribution is -2.56. The smallest absolute Gasteiger partial charge is 0.0704 e. The number of nitrogens with zero attached hydrogens (tertiary/aromatic N) is 1. The SMILES string of the molecule is OC1(C2CCOC3(CCC3)C2)CCN2CCCC2C1. The molecule has 4 aliphatic rings. The van der Waals surface area contributed by atoms with Crippen molar-refractivity contribution in [1.29, 1.82) is 0 Å². The highest BCUT2D eigenvalue weighted by molar-refractivity contribution is 5.03.